The lowest BCUT2D eigenvalue weighted by Gasteiger charge is -2.24. The summed E-state index contributed by atoms with van der Waals surface area (Å²) in [4.78, 5) is 23.9. The van der Waals surface area contributed by atoms with Gasteiger partial charge in [0.05, 0.1) is 25.5 Å². The van der Waals surface area contributed by atoms with Gasteiger partial charge in [0.25, 0.3) is 0 Å². The van der Waals surface area contributed by atoms with Crippen LogP contribution in [0, 0.1) is 11.8 Å². The van der Waals surface area contributed by atoms with Gasteiger partial charge in [-0.1, -0.05) is 39.0 Å². The molecule has 25 heavy (non-hydrogen) atoms. The third-order valence-corrected chi connectivity index (χ3v) is 4.84. The number of rotatable bonds is 7. The molecule has 0 saturated heterocycles. The Morgan fingerprint density at radius 3 is 2.44 bits per heavy atom. The number of hydrogen-bond donors (Lipinski definition) is 2. The number of carboxylic acid groups (broad SMARTS) is 1. The first-order valence-corrected chi connectivity index (χ1v) is 8.76. The number of carbonyl (C=O) groups excluding carboxylic acids is 1. The number of aromatic carboxylic acids is 1. The van der Waals surface area contributed by atoms with E-state index in [1.807, 2.05) is 6.92 Å². The van der Waals surface area contributed by atoms with E-state index in [1.54, 1.807) is 0 Å². The summed E-state index contributed by atoms with van der Waals surface area (Å²) in [5, 5.41) is 12.1. The summed E-state index contributed by atoms with van der Waals surface area (Å²) in [6.45, 7) is 1.91. The molecule has 0 spiro atoms. The van der Waals surface area contributed by atoms with Crippen molar-refractivity contribution in [2.45, 2.75) is 45.4 Å². The first-order chi connectivity index (χ1) is 12.0. The van der Waals surface area contributed by atoms with Gasteiger partial charge in [-0.2, -0.15) is 0 Å². The maximum absolute atomic E-state index is 12.6. The highest BCUT2D eigenvalue weighted by Gasteiger charge is 2.23. The van der Waals surface area contributed by atoms with Crippen molar-refractivity contribution >= 4 is 17.6 Å². The lowest BCUT2D eigenvalue weighted by molar-refractivity contribution is -0.120. The zero-order valence-corrected chi connectivity index (χ0v) is 15.1. The maximum atomic E-state index is 12.6. The lowest BCUT2D eigenvalue weighted by atomic mass is 9.83. The maximum Gasteiger partial charge on any atom is 0.335 e. The van der Waals surface area contributed by atoms with E-state index >= 15 is 0 Å². The average Bonchev–Trinajstić information content (AvgIpc) is 2.61. The summed E-state index contributed by atoms with van der Waals surface area (Å²) in [7, 11) is 2.89. The predicted octanol–water partition coefficient (Wildman–Crippen LogP) is 3.95. The normalized spacial score (nSPS) is 16.1. The molecular weight excluding hydrogens is 322 g/mol. The number of ether oxygens (including phenoxy) is 2. The number of nitrogens with one attached hydrogen (secondary N) is 1. The second-order valence-electron chi connectivity index (χ2n) is 6.69. The van der Waals surface area contributed by atoms with Crippen molar-refractivity contribution in [2.75, 3.05) is 19.5 Å². The molecule has 1 aromatic rings. The van der Waals surface area contributed by atoms with Crippen molar-refractivity contribution in [2.24, 2.45) is 11.8 Å². The lowest BCUT2D eigenvalue weighted by Crippen LogP contribution is -2.24. The van der Waals surface area contributed by atoms with Crippen LogP contribution < -0.4 is 14.8 Å². The Morgan fingerprint density at radius 2 is 1.88 bits per heavy atom. The fraction of sp³-hybridized carbons (Fsp3) is 0.579. The first kappa shape index (κ1) is 19.1. The largest absolute Gasteiger partial charge is 0.493 e. The number of amides is 1. The molecule has 0 bridgehead atoms. The number of methoxy groups -OCH3 is 2. The summed E-state index contributed by atoms with van der Waals surface area (Å²) in [6, 6.07) is 2.77. The van der Waals surface area contributed by atoms with Crippen LogP contribution in [0.15, 0.2) is 12.1 Å². The molecule has 1 fully saturated rings. The van der Waals surface area contributed by atoms with Crippen molar-refractivity contribution in [3.05, 3.63) is 17.7 Å². The molecule has 1 amide bonds. The van der Waals surface area contributed by atoms with E-state index in [0.717, 1.165) is 6.42 Å². The van der Waals surface area contributed by atoms with Crippen LogP contribution in [0.25, 0.3) is 0 Å². The third kappa shape index (κ3) is 4.87. The number of hydrogen-bond acceptors (Lipinski definition) is 4. The highest BCUT2D eigenvalue weighted by atomic mass is 16.5. The first-order valence-electron chi connectivity index (χ1n) is 8.76. The Balaban J connectivity index is 2.15. The van der Waals surface area contributed by atoms with Crippen molar-refractivity contribution in [1.82, 2.24) is 0 Å². The molecule has 1 aromatic carbocycles. The van der Waals surface area contributed by atoms with Gasteiger partial charge in [0, 0.05) is 5.92 Å². The Kier molecular flexibility index (Phi) is 6.67. The molecular formula is C19H27NO5. The van der Waals surface area contributed by atoms with Gasteiger partial charge in [-0.05, 0) is 24.5 Å². The minimum atomic E-state index is -1.09. The van der Waals surface area contributed by atoms with E-state index in [4.69, 9.17) is 9.47 Å². The van der Waals surface area contributed by atoms with E-state index < -0.39 is 5.97 Å². The number of anilines is 1. The second kappa shape index (κ2) is 8.74. The number of carboxylic acids is 1. The van der Waals surface area contributed by atoms with Crippen LogP contribution in [0.2, 0.25) is 0 Å². The standard InChI is InChI=1S/C19H27NO5/c1-12(9-13-7-5-4-6-8-13)18(21)20-15-10-14(19(22)23)11-16(24-2)17(15)25-3/h10-13H,4-9H2,1-3H3,(H,20,21)(H,22,23). The molecule has 1 unspecified atom stereocenters. The quantitative estimate of drug-likeness (QED) is 0.778. The van der Waals surface area contributed by atoms with E-state index in [-0.39, 0.29) is 23.1 Å². The monoisotopic (exact) mass is 349 g/mol. The van der Waals surface area contributed by atoms with Crippen LogP contribution in [-0.4, -0.2) is 31.2 Å². The zero-order valence-electron chi connectivity index (χ0n) is 15.1. The van der Waals surface area contributed by atoms with Crippen molar-refractivity contribution in [1.29, 1.82) is 0 Å². The second-order valence-corrected chi connectivity index (χ2v) is 6.69. The van der Waals surface area contributed by atoms with Crippen molar-refractivity contribution < 1.29 is 24.2 Å². The average molecular weight is 349 g/mol. The fourth-order valence-corrected chi connectivity index (χ4v) is 3.47. The molecule has 6 heteroatoms. The molecule has 0 heterocycles. The van der Waals surface area contributed by atoms with Crippen LogP contribution in [-0.2, 0) is 4.79 Å². The predicted molar refractivity (Wildman–Crippen MR) is 95.5 cm³/mol. The van der Waals surface area contributed by atoms with Gasteiger partial charge in [0.15, 0.2) is 11.5 Å². The van der Waals surface area contributed by atoms with Gasteiger partial charge in [-0.25, -0.2) is 4.79 Å². The molecule has 0 aliphatic heterocycles. The highest BCUT2D eigenvalue weighted by Crippen LogP contribution is 2.37. The van der Waals surface area contributed by atoms with Crippen LogP contribution in [0.4, 0.5) is 5.69 Å². The Morgan fingerprint density at radius 1 is 1.20 bits per heavy atom. The van der Waals surface area contributed by atoms with Gasteiger partial charge >= 0.3 is 5.97 Å². The summed E-state index contributed by atoms with van der Waals surface area (Å²) in [6.07, 6.45) is 6.99. The minimum Gasteiger partial charge on any atom is -0.493 e. The van der Waals surface area contributed by atoms with Crippen LogP contribution in [0.1, 0.15) is 55.8 Å². The third-order valence-electron chi connectivity index (χ3n) is 4.84. The van der Waals surface area contributed by atoms with Crippen LogP contribution >= 0.6 is 0 Å². The van der Waals surface area contributed by atoms with Crippen molar-refractivity contribution in [3.63, 3.8) is 0 Å². The van der Waals surface area contributed by atoms with E-state index in [2.05, 4.69) is 5.32 Å². The van der Waals surface area contributed by atoms with E-state index in [1.165, 1.54) is 58.5 Å². The minimum absolute atomic E-state index is 0.0351. The smallest absolute Gasteiger partial charge is 0.335 e. The fourth-order valence-electron chi connectivity index (χ4n) is 3.47. The van der Waals surface area contributed by atoms with Crippen molar-refractivity contribution in [3.8, 4) is 11.5 Å². The Hall–Kier alpha value is -2.24. The Bertz CT molecular complexity index is 622. The molecule has 1 aliphatic carbocycles. The molecule has 2 rings (SSSR count). The molecule has 138 valence electrons. The van der Waals surface area contributed by atoms with Crippen LogP contribution in [0.3, 0.4) is 0 Å². The van der Waals surface area contributed by atoms with E-state index in [9.17, 15) is 14.7 Å². The Labute approximate surface area is 148 Å². The number of carbonyl (C=O) groups is 2. The van der Waals surface area contributed by atoms with Gasteiger partial charge in [0.1, 0.15) is 0 Å². The van der Waals surface area contributed by atoms with Gasteiger partial charge in [-0.3, -0.25) is 4.79 Å². The number of benzene rings is 1. The molecule has 0 aromatic heterocycles. The van der Waals surface area contributed by atoms with Crippen LogP contribution in [0.5, 0.6) is 11.5 Å². The summed E-state index contributed by atoms with van der Waals surface area (Å²) >= 11 is 0. The van der Waals surface area contributed by atoms with E-state index in [0.29, 0.717) is 17.4 Å². The molecule has 1 aliphatic rings. The molecule has 0 radical (unpaired) electrons. The summed E-state index contributed by atoms with van der Waals surface area (Å²) in [5.74, 6) is -0.174. The molecule has 6 nitrogen and oxygen atoms in total. The highest BCUT2D eigenvalue weighted by molar-refractivity contribution is 5.97. The molecule has 1 atom stereocenters. The topological polar surface area (TPSA) is 84.9 Å². The summed E-state index contributed by atoms with van der Waals surface area (Å²) < 4.78 is 10.5. The molecule has 2 N–H and O–H groups in total. The molecule has 1 saturated carbocycles. The van der Waals surface area contributed by atoms with Gasteiger partial charge in [0.2, 0.25) is 5.91 Å². The van der Waals surface area contributed by atoms with Gasteiger partial charge in [-0.15, -0.1) is 0 Å². The van der Waals surface area contributed by atoms with Gasteiger partial charge < -0.3 is 19.9 Å². The zero-order chi connectivity index (χ0) is 18.4. The summed E-state index contributed by atoms with van der Waals surface area (Å²) in [5.41, 5.74) is 0.354. The SMILES string of the molecule is COc1cc(C(=O)O)cc(NC(=O)C(C)CC2CCCCC2)c1OC.